The molecule has 3 aromatic rings. The zero-order chi connectivity index (χ0) is 15.5. The van der Waals surface area contributed by atoms with Gasteiger partial charge in [-0.05, 0) is 46.5 Å². The number of carbonyl (C=O) groups excluding carboxylic acids is 1. The van der Waals surface area contributed by atoms with Gasteiger partial charge in [0.25, 0.3) is 5.91 Å². The molecule has 0 aliphatic carbocycles. The van der Waals surface area contributed by atoms with Crippen molar-refractivity contribution in [3.8, 4) is 0 Å². The van der Waals surface area contributed by atoms with E-state index in [1.165, 1.54) is 0 Å². The Morgan fingerprint density at radius 1 is 1.00 bits per heavy atom. The lowest BCUT2D eigenvalue weighted by molar-refractivity contribution is 0.0962. The van der Waals surface area contributed by atoms with Gasteiger partial charge in [0.1, 0.15) is 0 Å². The molecule has 0 aliphatic rings. The number of fused-ring (bicyclic) bond motifs is 1. The van der Waals surface area contributed by atoms with Crippen molar-refractivity contribution in [2.75, 3.05) is 7.05 Å². The maximum absolute atomic E-state index is 12.2. The quantitative estimate of drug-likeness (QED) is 0.761. The van der Waals surface area contributed by atoms with Crippen molar-refractivity contribution in [3.05, 3.63) is 82.4 Å². The molecule has 0 saturated carbocycles. The van der Waals surface area contributed by atoms with Crippen LogP contribution >= 0.6 is 11.6 Å². The van der Waals surface area contributed by atoms with Crippen LogP contribution in [0.3, 0.4) is 0 Å². The molecule has 0 saturated heterocycles. The third kappa shape index (κ3) is 2.83. The van der Waals surface area contributed by atoms with E-state index in [1.54, 1.807) is 7.05 Å². The molecule has 3 aromatic carbocycles. The normalized spacial score (nSPS) is 10.6. The maximum atomic E-state index is 12.2. The summed E-state index contributed by atoms with van der Waals surface area (Å²) in [6.07, 6.45) is 0.696. The standard InChI is InChI=1S/C19H16ClNO/c1-21-19(22)17-11-8-14-4-2-3-5-16(14)18(17)12-13-6-9-15(20)10-7-13/h2-11H,12H2,1H3,(H,21,22). The summed E-state index contributed by atoms with van der Waals surface area (Å²) in [5.74, 6) is -0.0604. The Bertz CT molecular complexity index is 824. The van der Waals surface area contributed by atoms with Gasteiger partial charge in [-0.2, -0.15) is 0 Å². The first-order valence-electron chi connectivity index (χ1n) is 7.16. The predicted molar refractivity (Wildman–Crippen MR) is 91.6 cm³/mol. The summed E-state index contributed by atoms with van der Waals surface area (Å²) in [6, 6.07) is 19.8. The molecule has 3 heteroatoms. The van der Waals surface area contributed by atoms with Crippen LogP contribution in [0, 0.1) is 0 Å². The van der Waals surface area contributed by atoms with Crippen LogP contribution < -0.4 is 5.32 Å². The van der Waals surface area contributed by atoms with E-state index in [2.05, 4.69) is 17.4 Å². The summed E-state index contributed by atoms with van der Waals surface area (Å²) in [5.41, 5.74) is 2.89. The molecule has 2 nitrogen and oxygen atoms in total. The molecule has 0 aromatic heterocycles. The van der Waals surface area contributed by atoms with Crippen molar-refractivity contribution in [2.45, 2.75) is 6.42 Å². The number of nitrogens with one attached hydrogen (secondary N) is 1. The molecule has 1 N–H and O–H groups in total. The maximum Gasteiger partial charge on any atom is 0.251 e. The fourth-order valence-corrected chi connectivity index (χ4v) is 2.81. The zero-order valence-electron chi connectivity index (χ0n) is 12.3. The van der Waals surface area contributed by atoms with Crippen molar-refractivity contribution in [3.63, 3.8) is 0 Å². The number of hydrogen-bond donors (Lipinski definition) is 1. The predicted octanol–water partition coefficient (Wildman–Crippen LogP) is 4.44. The second kappa shape index (κ2) is 6.20. The van der Waals surface area contributed by atoms with Gasteiger partial charge in [-0.3, -0.25) is 4.79 Å². The summed E-state index contributed by atoms with van der Waals surface area (Å²) >= 11 is 5.95. The largest absolute Gasteiger partial charge is 0.355 e. The Hall–Kier alpha value is -2.32. The summed E-state index contributed by atoms with van der Waals surface area (Å²) in [5, 5.41) is 5.68. The van der Waals surface area contributed by atoms with Crippen LogP contribution in [-0.4, -0.2) is 13.0 Å². The molecule has 1 amide bonds. The molecule has 110 valence electrons. The number of amides is 1. The highest BCUT2D eigenvalue weighted by Crippen LogP contribution is 2.25. The SMILES string of the molecule is CNC(=O)c1ccc2ccccc2c1Cc1ccc(Cl)cc1. The topological polar surface area (TPSA) is 29.1 Å². The van der Waals surface area contributed by atoms with Crippen molar-refractivity contribution in [2.24, 2.45) is 0 Å². The second-order valence-electron chi connectivity index (χ2n) is 5.20. The van der Waals surface area contributed by atoms with E-state index in [0.717, 1.165) is 27.5 Å². The van der Waals surface area contributed by atoms with Gasteiger partial charge < -0.3 is 5.32 Å². The zero-order valence-corrected chi connectivity index (χ0v) is 13.0. The van der Waals surface area contributed by atoms with Crippen molar-refractivity contribution < 1.29 is 4.79 Å². The number of carbonyl (C=O) groups is 1. The Morgan fingerprint density at radius 3 is 2.45 bits per heavy atom. The Morgan fingerprint density at radius 2 is 1.73 bits per heavy atom. The Kier molecular flexibility index (Phi) is 4.12. The number of rotatable bonds is 3. The highest BCUT2D eigenvalue weighted by Gasteiger charge is 2.13. The number of benzene rings is 3. The van der Waals surface area contributed by atoms with E-state index in [1.807, 2.05) is 48.5 Å². The molecule has 0 bridgehead atoms. The highest BCUT2D eigenvalue weighted by molar-refractivity contribution is 6.30. The smallest absolute Gasteiger partial charge is 0.251 e. The minimum absolute atomic E-state index is 0.0604. The molecule has 0 spiro atoms. The van der Waals surface area contributed by atoms with Gasteiger partial charge >= 0.3 is 0 Å². The van der Waals surface area contributed by atoms with E-state index >= 15 is 0 Å². The van der Waals surface area contributed by atoms with Crippen LogP contribution in [-0.2, 0) is 6.42 Å². The summed E-state index contributed by atoms with van der Waals surface area (Å²) < 4.78 is 0. The van der Waals surface area contributed by atoms with Gasteiger partial charge in [0, 0.05) is 17.6 Å². The minimum Gasteiger partial charge on any atom is -0.355 e. The average molecular weight is 310 g/mol. The van der Waals surface area contributed by atoms with Crippen molar-refractivity contribution in [1.82, 2.24) is 5.32 Å². The fraction of sp³-hybridized carbons (Fsp3) is 0.105. The lowest BCUT2D eigenvalue weighted by Crippen LogP contribution is -2.19. The molecular formula is C19H16ClNO. The third-order valence-corrected chi connectivity index (χ3v) is 4.06. The molecule has 0 aliphatic heterocycles. The molecule has 22 heavy (non-hydrogen) atoms. The summed E-state index contributed by atoms with van der Waals surface area (Å²) in [6.45, 7) is 0. The second-order valence-corrected chi connectivity index (χ2v) is 5.63. The van der Waals surface area contributed by atoms with E-state index in [4.69, 9.17) is 11.6 Å². The molecule has 3 rings (SSSR count). The van der Waals surface area contributed by atoms with Gasteiger partial charge in [-0.25, -0.2) is 0 Å². The van der Waals surface area contributed by atoms with Gasteiger partial charge in [0.15, 0.2) is 0 Å². The van der Waals surface area contributed by atoms with E-state index < -0.39 is 0 Å². The van der Waals surface area contributed by atoms with E-state index in [0.29, 0.717) is 11.4 Å². The number of halogens is 1. The van der Waals surface area contributed by atoms with Gasteiger partial charge in [-0.1, -0.05) is 54.1 Å². The van der Waals surface area contributed by atoms with Gasteiger partial charge in [0.2, 0.25) is 0 Å². The monoisotopic (exact) mass is 309 g/mol. The van der Waals surface area contributed by atoms with Crippen LogP contribution in [0.5, 0.6) is 0 Å². The molecule has 0 atom stereocenters. The minimum atomic E-state index is -0.0604. The average Bonchev–Trinajstić information content (AvgIpc) is 2.56. The molecule has 0 unspecified atom stereocenters. The van der Waals surface area contributed by atoms with E-state index in [9.17, 15) is 4.79 Å². The van der Waals surface area contributed by atoms with Gasteiger partial charge in [0.05, 0.1) is 0 Å². The summed E-state index contributed by atoms with van der Waals surface area (Å²) in [4.78, 5) is 12.2. The summed E-state index contributed by atoms with van der Waals surface area (Å²) in [7, 11) is 1.66. The van der Waals surface area contributed by atoms with Crippen molar-refractivity contribution >= 4 is 28.3 Å². The van der Waals surface area contributed by atoms with Crippen molar-refractivity contribution in [1.29, 1.82) is 0 Å². The van der Waals surface area contributed by atoms with Crippen LogP contribution in [0.2, 0.25) is 5.02 Å². The molecular weight excluding hydrogens is 294 g/mol. The van der Waals surface area contributed by atoms with Gasteiger partial charge in [-0.15, -0.1) is 0 Å². The lowest BCUT2D eigenvalue weighted by atomic mass is 9.93. The Balaban J connectivity index is 2.15. The molecule has 0 radical (unpaired) electrons. The first kappa shape index (κ1) is 14.6. The lowest BCUT2D eigenvalue weighted by Gasteiger charge is -2.12. The third-order valence-electron chi connectivity index (χ3n) is 3.81. The first-order chi connectivity index (χ1) is 10.7. The Labute approximate surface area is 134 Å². The first-order valence-corrected chi connectivity index (χ1v) is 7.54. The van der Waals surface area contributed by atoms with E-state index in [-0.39, 0.29) is 5.91 Å². The molecule has 0 heterocycles. The van der Waals surface area contributed by atoms with Crippen LogP contribution in [0.25, 0.3) is 10.8 Å². The fourth-order valence-electron chi connectivity index (χ4n) is 2.68. The van der Waals surface area contributed by atoms with Crippen LogP contribution in [0.4, 0.5) is 0 Å². The molecule has 0 fully saturated rings. The number of hydrogen-bond acceptors (Lipinski definition) is 1. The van der Waals surface area contributed by atoms with Crippen LogP contribution in [0.15, 0.2) is 60.7 Å². The highest BCUT2D eigenvalue weighted by atomic mass is 35.5. The van der Waals surface area contributed by atoms with Crippen LogP contribution in [0.1, 0.15) is 21.5 Å².